The number of hydrogen-bond acceptors (Lipinski definition) is 7. The molecular formula is C17H20N8. The van der Waals surface area contributed by atoms with E-state index >= 15 is 0 Å². The van der Waals surface area contributed by atoms with Crippen molar-refractivity contribution in [3.8, 4) is 0 Å². The van der Waals surface area contributed by atoms with Crippen LogP contribution in [0, 0.1) is 0 Å². The van der Waals surface area contributed by atoms with Crippen LogP contribution in [-0.2, 0) is 0 Å². The molecule has 0 bridgehead atoms. The number of piperidine rings is 1. The van der Waals surface area contributed by atoms with Gasteiger partial charge in [-0.25, -0.2) is 9.97 Å². The molecule has 3 aromatic heterocycles. The summed E-state index contributed by atoms with van der Waals surface area (Å²) in [6, 6.07) is 6.03. The standard InChI is InChI=1S/C17H20N8/c1-8-23(9-1)16-3-2-15-20-21-17(25(15)22-16)13-5-10-24(11-6-13)14-4-7-18-12-19-14/h2-4,7,12-13H,1,5-6,8-11H2. The Hall–Kier alpha value is -2.77. The van der Waals surface area contributed by atoms with Crippen LogP contribution in [0.4, 0.5) is 11.6 Å². The van der Waals surface area contributed by atoms with Crippen molar-refractivity contribution in [2.45, 2.75) is 25.2 Å². The second-order valence-electron chi connectivity index (χ2n) is 6.69. The molecule has 0 aromatic carbocycles. The fourth-order valence-electron chi connectivity index (χ4n) is 3.60. The number of fused-ring (bicyclic) bond motifs is 1. The molecule has 3 aromatic rings. The summed E-state index contributed by atoms with van der Waals surface area (Å²) in [6.45, 7) is 4.10. The van der Waals surface area contributed by atoms with E-state index in [1.807, 2.05) is 22.7 Å². The first-order valence-electron chi connectivity index (χ1n) is 8.87. The molecule has 0 saturated carbocycles. The number of hydrogen-bond donors (Lipinski definition) is 0. The molecule has 0 radical (unpaired) electrons. The smallest absolute Gasteiger partial charge is 0.178 e. The summed E-state index contributed by atoms with van der Waals surface area (Å²) >= 11 is 0. The normalized spacial score (nSPS) is 18.6. The van der Waals surface area contributed by atoms with E-state index in [-0.39, 0.29) is 0 Å². The van der Waals surface area contributed by atoms with Crippen LogP contribution >= 0.6 is 0 Å². The molecule has 2 fully saturated rings. The lowest BCUT2D eigenvalue weighted by molar-refractivity contribution is 0.474. The average molecular weight is 336 g/mol. The molecule has 2 aliphatic rings. The Morgan fingerprint density at radius 2 is 1.72 bits per heavy atom. The first-order valence-corrected chi connectivity index (χ1v) is 8.87. The summed E-state index contributed by atoms with van der Waals surface area (Å²) in [5.74, 6) is 3.39. The molecule has 0 aliphatic carbocycles. The highest BCUT2D eigenvalue weighted by Crippen LogP contribution is 2.29. The molecule has 0 spiro atoms. The monoisotopic (exact) mass is 336 g/mol. The van der Waals surface area contributed by atoms with Gasteiger partial charge in [0.2, 0.25) is 0 Å². The third-order valence-corrected chi connectivity index (χ3v) is 5.20. The maximum absolute atomic E-state index is 4.79. The van der Waals surface area contributed by atoms with Gasteiger partial charge >= 0.3 is 0 Å². The van der Waals surface area contributed by atoms with E-state index in [1.54, 1.807) is 12.5 Å². The molecule has 2 saturated heterocycles. The third kappa shape index (κ3) is 2.57. The van der Waals surface area contributed by atoms with E-state index in [0.717, 1.165) is 62.1 Å². The molecular weight excluding hydrogens is 316 g/mol. The number of nitrogens with zero attached hydrogens (tertiary/aromatic N) is 8. The van der Waals surface area contributed by atoms with Gasteiger partial charge in [-0.05, 0) is 37.5 Å². The van der Waals surface area contributed by atoms with Gasteiger partial charge in [-0.15, -0.1) is 15.3 Å². The van der Waals surface area contributed by atoms with Crippen LogP contribution in [0.2, 0.25) is 0 Å². The second-order valence-corrected chi connectivity index (χ2v) is 6.69. The summed E-state index contributed by atoms with van der Waals surface area (Å²) < 4.78 is 1.94. The molecule has 0 N–H and O–H groups in total. The van der Waals surface area contributed by atoms with Crippen LogP contribution in [-0.4, -0.2) is 56.0 Å². The van der Waals surface area contributed by atoms with Crippen molar-refractivity contribution in [2.75, 3.05) is 36.0 Å². The largest absolute Gasteiger partial charge is 0.356 e. The summed E-state index contributed by atoms with van der Waals surface area (Å²) in [4.78, 5) is 12.9. The minimum atomic E-state index is 0.382. The zero-order valence-corrected chi connectivity index (χ0v) is 14.0. The van der Waals surface area contributed by atoms with Crippen LogP contribution in [0.15, 0.2) is 30.7 Å². The fourth-order valence-corrected chi connectivity index (χ4v) is 3.60. The maximum Gasteiger partial charge on any atom is 0.178 e. The van der Waals surface area contributed by atoms with Crippen molar-refractivity contribution >= 4 is 17.3 Å². The highest BCUT2D eigenvalue weighted by molar-refractivity contribution is 5.47. The van der Waals surface area contributed by atoms with Gasteiger partial charge in [-0.1, -0.05) is 0 Å². The van der Waals surface area contributed by atoms with Crippen LogP contribution in [0.25, 0.3) is 5.65 Å². The van der Waals surface area contributed by atoms with E-state index < -0.39 is 0 Å². The van der Waals surface area contributed by atoms with Gasteiger partial charge in [0.1, 0.15) is 18.0 Å². The van der Waals surface area contributed by atoms with Gasteiger partial charge in [0.25, 0.3) is 0 Å². The third-order valence-electron chi connectivity index (χ3n) is 5.20. The van der Waals surface area contributed by atoms with Gasteiger partial charge in [0, 0.05) is 38.3 Å². The van der Waals surface area contributed by atoms with Crippen molar-refractivity contribution in [1.82, 2.24) is 29.8 Å². The van der Waals surface area contributed by atoms with Crippen LogP contribution in [0.3, 0.4) is 0 Å². The highest BCUT2D eigenvalue weighted by Gasteiger charge is 2.26. The SMILES string of the molecule is c1cc(N2CCC(c3nnc4ccc(N5CCC5)nn34)CC2)ncn1. The lowest BCUT2D eigenvalue weighted by Gasteiger charge is -2.32. The van der Waals surface area contributed by atoms with Crippen molar-refractivity contribution in [3.05, 3.63) is 36.5 Å². The lowest BCUT2D eigenvalue weighted by atomic mass is 9.96. The van der Waals surface area contributed by atoms with Crippen LogP contribution in [0.5, 0.6) is 0 Å². The molecule has 5 rings (SSSR count). The topological polar surface area (TPSA) is 75.3 Å². The number of rotatable bonds is 3. The molecule has 5 heterocycles. The molecule has 25 heavy (non-hydrogen) atoms. The van der Waals surface area contributed by atoms with Crippen molar-refractivity contribution in [3.63, 3.8) is 0 Å². The Kier molecular flexibility index (Phi) is 3.46. The van der Waals surface area contributed by atoms with Crippen molar-refractivity contribution in [1.29, 1.82) is 0 Å². The van der Waals surface area contributed by atoms with E-state index in [2.05, 4.69) is 30.0 Å². The maximum atomic E-state index is 4.79. The molecule has 0 atom stereocenters. The van der Waals surface area contributed by atoms with Gasteiger partial charge in [-0.3, -0.25) is 0 Å². The summed E-state index contributed by atoms with van der Waals surface area (Å²) in [5.41, 5.74) is 0.831. The molecule has 128 valence electrons. The summed E-state index contributed by atoms with van der Waals surface area (Å²) in [6.07, 6.45) is 6.70. The first kappa shape index (κ1) is 14.6. The molecule has 8 nitrogen and oxygen atoms in total. The summed E-state index contributed by atoms with van der Waals surface area (Å²) in [7, 11) is 0. The Morgan fingerprint density at radius 3 is 2.44 bits per heavy atom. The van der Waals surface area contributed by atoms with Gasteiger partial charge in [0.15, 0.2) is 11.5 Å². The Labute approximate surface area is 145 Å². The van der Waals surface area contributed by atoms with E-state index in [0.29, 0.717) is 5.92 Å². The van der Waals surface area contributed by atoms with Crippen molar-refractivity contribution < 1.29 is 0 Å². The van der Waals surface area contributed by atoms with Crippen molar-refractivity contribution in [2.24, 2.45) is 0 Å². The molecule has 0 amide bonds. The van der Waals surface area contributed by atoms with E-state index in [4.69, 9.17) is 5.10 Å². The van der Waals surface area contributed by atoms with E-state index in [1.165, 1.54) is 6.42 Å². The minimum absolute atomic E-state index is 0.382. The number of anilines is 2. The molecule has 2 aliphatic heterocycles. The number of aromatic nitrogens is 6. The molecule has 8 heteroatoms. The lowest BCUT2D eigenvalue weighted by Crippen LogP contribution is -2.38. The Bertz CT molecular complexity index is 865. The average Bonchev–Trinajstić information content (AvgIpc) is 3.04. The predicted molar refractivity (Wildman–Crippen MR) is 93.8 cm³/mol. The second kappa shape index (κ2) is 5.94. The minimum Gasteiger partial charge on any atom is -0.356 e. The fraction of sp³-hybridized carbons (Fsp3) is 0.471. The quantitative estimate of drug-likeness (QED) is 0.717. The van der Waals surface area contributed by atoms with Gasteiger partial charge in [-0.2, -0.15) is 4.52 Å². The molecule has 0 unspecified atom stereocenters. The van der Waals surface area contributed by atoms with Crippen LogP contribution < -0.4 is 9.80 Å². The zero-order valence-electron chi connectivity index (χ0n) is 14.0. The Balaban J connectivity index is 1.37. The predicted octanol–water partition coefficient (Wildman–Crippen LogP) is 1.51. The first-order chi connectivity index (χ1) is 12.4. The van der Waals surface area contributed by atoms with E-state index in [9.17, 15) is 0 Å². The Morgan fingerprint density at radius 1 is 0.880 bits per heavy atom. The van der Waals surface area contributed by atoms with Gasteiger partial charge < -0.3 is 9.80 Å². The summed E-state index contributed by atoms with van der Waals surface area (Å²) in [5, 5.41) is 13.6. The highest BCUT2D eigenvalue weighted by atomic mass is 15.4. The van der Waals surface area contributed by atoms with Crippen LogP contribution in [0.1, 0.15) is 31.0 Å². The van der Waals surface area contributed by atoms with Gasteiger partial charge in [0.05, 0.1) is 0 Å². The zero-order chi connectivity index (χ0) is 16.6.